The maximum atomic E-state index is 11.9. The van der Waals surface area contributed by atoms with Crippen molar-refractivity contribution in [2.24, 2.45) is 0 Å². The van der Waals surface area contributed by atoms with E-state index in [9.17, 15) is 4.79 Å². The van der Waals surface area contributed by atoms with Crippen molar-refractivity contribution in [3.8, 4) is 29.2 Å². The zero-order valence-corrected chi connectivity index (χ0v) is 14.7. The summed E-state index contributed by atoms with van der Waals surface area (Å²) in [6.45, 7) is 1.11. The quantitative estimate of drug-likeness (QED) is 0.626. The zero-order valence-electron chi connectivity index (χ0n) is 14.7. The molecule has 1 aromatic heterocycles. The number of hydrogen-bond donors (Lipinski definition) is 3. The predicted molar refractivity (Wildman–Crippen MR) is 107 cm³/mol. The first-order valence-corrected chi connectivity index (χ1v) is 8.70. The molecule has 0 saturated carbocycles. The molecule has 0 radical (unpaired) electrons. The van der Waals surface area contributed by atoms with Crippen molar-refractivity contribution >= 4 is 17.4 Å². The number of nitrogens with two attached hydrogens (primary N) is 1. The molecule has 1 aliphatic rings. The molecule has 0 atom stereocenters. The number of rotatable bonds is 4. The summed E-state index contributed by atoms with van der Waals surface area (Å²) in [5, 5.41) is 10.5. The maximum absolute atomic E-state index is 11.9. The number of aromatic nitrogens is 2. The van der Waals surface area contributed by atoms with Crippen LogP contribution in [0.15, 0.2) is 48.7 Å². The monoisotopic (exact) mass is 357 g/mol. The fourth-order valence-corrected chi connectivity index (χ4v) is 3.25. The largest absolute Gasteiger partial charge is 0.382 e. The average molecular weight is 357 g/mol. The molecule has 4 N–H and O–H groups in total. The Bertz CT molecular complexity index is 1060. The highest BCUT2D eigenvalue weighted by molar-refractivity contribution is 5.97. The number of amides is 1. The van der Waals surface area contributed by atoms with Gasteiger partial charge in [0.2, 0.25) is 0 Å². The van der Waals surface area contributed by atoms with E-state index in [1.54, 1.807) is 4.68 Å². The zero-order chi connectivity index (χ0) is 18.8. The van der Waals surface area contributed by atoms with Gasteiger partial charge < -0.3 is 16.4 Å². The van der Waals surface area contributed by atoms with Crippen molar-refractivity contribution < 1.29 is 4.79 Å². The lowest BCUT2D eigenvalue weighted by Crippen LogP contribution is -2.31. The summed E-state index contributed by atoms with van der Waals surface area (Å²) in [5.41, 5.74) is 11.5. The highest BCUT2D eigenvalue weighted by Crippen LogP contribution is 2.29. The van der Waals surface area contributed by atoms with Crippen molar-refractivity contribution in [3.63, 3.8) is 0 Å². The molecule has 2 aromatic carbocycles. The molecule has 2 heterocycles. The lowest BCUT2D eigenvalue weighted by atomic mass is 9.96. The number of fused-ring (bicyclic) bond motifs is 1. The van der Waals surface area contributed by atoms with Gasteiger partial charge in [0.1, 0.15) is 0 Å². The average Bonchev–Trinajstić information content (AvgIpc) is 3.08. The van der Waals surface area contributed by atoms with E-state index < -0.39 is 0 Å². The van der Waals surface area contributed by atoms with Gasteiger partial charge in [-0.3, -0.25) is 4.79 Å². The van der Waals surface area contributed by atoms with Gasteiger partial charge in [0.15, 0.2) is 5.82 Å². The van der Waals surface area contributed by atoms with Gasteiger partial charge in [-0.15, -0.1) is 6.42 Å². The van der Waals surface area contributed by atoms with Gasteiger partial charge in [-0.05, 0) is 41.8 Å². The number of nitrogen functional groups attached to an aromatic ring is 1. The Morgan fingerprint density at radius 2 is 2.15 bits per heavy atom. The minimum atomic E-state index is -0.0252. The van der Waals surface area contributed by atoms with Gasteiger partial charge in [-0.25, -0.2) is 4.68 Å². The number of benzene rings is 2. The Hall–Kier alpha value is -3.72. The Morgan fingerprint density at radius 3 is 3.00 bits per heavy atom. The van der Waals surface area contributed by atoms with E-state index in [0.29, 0.717) is 18.9 Å². The molecule has 134 valence electrons. The number of carbonyl (C=O) groups excluding carboxylic acids is 1. The van der Waals surface area contributed by atoms with Crippen molar-refractivity contribution in [1.82, 2.24) is 15.1 Å². The van der Waals surface area contributed by atoms with Crippen LogP contribution in [-0.2, 0) is 6.42 Å². The Balaban J connectivity index is 1.68. The van der Waals surface area contributed by atoms with Gasteiger partial charge in [-0.2, -0.15) is 5.10 Å². The molecule has 0 fully saturated rings. The fourth-order valence-electron chi connectivity index (χ4n) is 3.25. The first-order valence-electron chi connectivity index (χ1n) is 8.70. The second-order valence-electron chi connectivity index (χ2n) is 6.36. The first-order chi connectivity index (χ1) is 13.2. The molecule has 0 saturated heterocycles. The first kappa shape index (κ1) is 16.7. The smallest absolute Gasteiger partial charge is 0.251 e. The maximum Gasteiger partial charge on any atom is 0.251 e. The summed E-state index contributed by atoms with van der Waals surface area (Å²) in [6, 6.07) is 13.6. The minimum absolute atomic E-state index is 0.0252. The third-order valence-corrected chi connectivity index (χ3v) is 4.59. The molecular formula is C21H19N5O. The van der Waals surface area contributed by atoms with E-state index >= 15 is 0 Å². The van der Waals surface area contributed by atoms with Gasteiger partial charge >= 0.3 is 0 Å². The van der Waals surface area contributed by atoms with Crippen LogP contribution >= 0.6 is 0 Å². The van der Waals surface area contributed by atoms with Crippen LogP contribution in [0.1, 0.15) is 15.9 Å². The van der Waals surface area contributed by atoms with Crippen molar-refractivity contribution in [2.45, 2.75) is 6.42 Å². The normalized spacial score (nSPS) is 12.8. The molecule has 4 rings (SSSR count). The van der Waals surface area contributed by atoms with Gasteiger partial charge in [-0.1, -0.05) is 24.1 Å². The number of hydrogen-bond acceptors (Lipinski definition) is 4. The molecule has 0 unspecified atom stereocenters. The number of nitrogens with zero attached hydrogens (tertiary/aromatic N) is 2. The third-order valence-electron chi connectivity index (χ3n) is 4.59. The van der Waals surface area contributed by atoms with E-state index in [2.05, 4.69) is 21.7 Å². The number of carbonyl (C=O) groups is 1. The Kier molecular flexibility index (Phi) is 4.27. The second-order valence-corrected chi connectivity index (χ2v) is 6.36. The van der Waals surface area contributed by atoms with Gasteiger partial charge in [0, 0.05) is 29.6 Å². The molecule has 6 heteroatoms. The van der Waals surface area contributed by atoms with E-state index in [-0.39, 0.29) is 5.91 Å². The highest BCUT2D eigenvalue weighted by atomic mass is 16.1. The van der Waals surface area contributed by atoms with Crippen molar-refractivity contribution in [1.29, 1.82) is 0 Å². The van der Waals surface area contributed by atoms with Crippen LogP contribution in [0.2, 0.25) is 0 Å². The van der Waals surface area contributed by atoms with Crippen molar-refractivity contribution in [2.75, 3.05) is 24.1 Å². The fraction of sp³-hybridized carbons (Fsp3) is 0.143. The minimum Gasteiger partial charge on any atom is -0.382 e. The number of anilines is 2. The predicted octanol–water partition coefficient (Wildman–Crippen LogP) is 2.45. The van der Waals surface area contributed by atoms with Crippen LogP contribution in [0, 0.1) is 12.3 Å². The third kappa shape index (κ3) is 3.23. The molecule has 1 amide bonds. The van der Waals surface area contributed by atoms with Crippen LogP contribution in [0.25, 0.3) is 16.8 Å². The summed E-state index contributed by atoms with van der Waals surface area (Å²) in [7, 11) is 0. The van der Waals surface area contributed by atoms with E-state index in [4.69, 9.17) is 12.2 Å². The second kappa shape index (κ2) is 6.89. The van der Waals surface area contributed by atoms with E-state index in [0.717, 1.165) is 40.0 Å². The summed E-state index contributed by atoms with van der Waals surface area (Å²) >= 11 is 0. The summed E-state index contributed by atoms with van der Waals surface area (Å²) in [6.07, 6.45) is 8.01. The molecule has 6 nitrogen and oxygen atoms in total. The molecule has 0 bridgehead atoms. The summed E-state index contributed by atoms with van der Waals surface area (Å²) in [4.78, 5) is 11.9. The molecule has 0 aliphatic carbocycles. The van der Waals surface area contributed by atoms with E-state index in [1.165, 1.54) is 0 Å². The Morgan fingerprint density at radius 1 is 1.26 bits per heavy atom. The molecule has 1 aliphatic heterocycles. The number of terminal acetylenes is 1. The van der Waals surface area contributed by atoms with Crippen LogP contribution in [0.5, 0.6) is 0 Å². The van der Waals surface area contributed by atoms with Crippen molar-refractivity contribution in [3.05, 3.63) is 59.8 Å². The van der Waals surface area contributed by atoms with E-state index in [1.807, 2.05) is 48.7 Å². The number of nitrogens with one attached hydrogen (secondary N) is 2. The molecule has 27 heavy (non-hydrogen) atoms. The SMILES string of the molecule is C#CCNc1cccc(-n2cc(-c3ccc4c(c3)CCNC4=O)c(N)n2)c1. The summed E-state index contributed by atoms with van der Waals surface area (Å²) in [5.74, 6) is 2.97. The summed E-state index contributed by atoms with van der Waals surface area (Å²) < 4.78 is 1.75. The lowest BCUT2D eigenvalue weighted by molar-refractivity contribution is 0.0946. The lowest BCUT2D eigenvalue weighted by Gasteiger charge is -2.17. The molecular weight excluding hydrogens is 338 g/mol. The highest BCUT2D eigenvalue weighted by Gasteiger charge is 2.18. The van der Waals surface area contributed by atoms with Gasteiger partial charge in [0.05, 0.1) is 12.2 Å². The Labute approximate surface area is 157 Å². The van der Waals surface area contributed by atoms with Crippen LogP contribution in [0.3, 0.4) is 0 Å². The van der Waals surface area contributed by atoms with Crippen LogP contribution in [0.4, 0.5) is 11.5 Å². The van der Waals surface area contributed by atoms with Crippen LogP contribution in [-0.4, -0.2) is 28.8 Å². The molecule has 3 aromatic rings. The molecule has 0 spiro atoms. The topological polar surface area (TPSA) is 85.0 Å². The van der Waals surface area contributed by atoms with Gasteiger partial charge in [0.25, 0.3) is 5.91 Å². The standard InChI is InChI=1S/C21H19N5O/c1-2-9-23-16-4-3-5-17(12-16)26-13-19(20(22)25-26)14-6-7-18-15(11-14)8-10-24-21(18)27/h1,3-7,11-13,23H,8-10H2,(H2,22,25)(H,24,27). The van der Waals surface area contributed by atoms with Crippen LogP contribution < -0.4 is 16.4 Å².